The Morgan fingerprint density at radius 3 is 2.50 bits per heavy atom. The van der Waals surface area contributed by atoms with E-state index in [1.54, 1.807) is 6.92 Å². The van der Waals surface area contributed by atoms with Crippen LogP contribution in [0.25, 0.3) is 0 Å². The summed E-state index contributed by atoms with van der Waals surface area (Å²) in [6.07, 6.45) is -0.247. The van der Waals surface area contributed by atoms with E-state index >= 15 is 0 Å². The van der Waals surface area contributed by atoms with E-state index in [1.165, 1.54) is 0 Å². The maximum absolute atomic E-state index is 12.7. The van der Waals surface area contributed by atoms with E-state index in [1.807, 2.05) is 0 Å². The van der Waals surface area contributed by atoms with Gasteiger partial charge in [-0.05, 0) is 6.42 Å². The van der Waals surface area contributed by atoms with Gasteiger partial charge >= 0.3 is 11.9 Å². The Hall–Kier alpha value is -0.710. The zero-order valence-corrected chi connectivity index (χ0v) is 7.14. The first-order valence-corrected chi connectivity index (χ1v) is 3.65. The highest BCUT2D eigenvalue weighted by Crippen LogP contribution is 2.21. The fourth-order valence-electron chi connectivity index (χ4n) is 0.706. The van der Waals surface area contributed by atoms with Gasteiger partial charge in [0, 0.05) is 12.5 Å². The fourth-order valence-corrected chi connectivity index (χ4v) is 0.706. The third-order valence-electron chi connectivity index (χ3n) is 1.53. The Labute approximate surface area is 69.9 Å². The number of ether oxygens (including phenoxy) is 1. The van der Waals surface area contributed by atoms with Gasteiger partial charge in [-0.3, -0.25) is 0 Å². The lowest BCUT2D eigenvalue weighted by molar-refractivity contribution is -0.170. The molecule has 1 atom stereocenters. The summed E-state index contributed by atoms with van der Waals surface area (Å²) in [6, 6.07) is -0.668. The topological polar surface area (TPSA) is 52.3 Å². The molecule has 1 unspecified atom stereocenters. The largest absolute Gasteiger partial charge is 0.465 e. The number of hydrogen-bond donors (Lipinski definition) is 1. The van der Waals surface area contributed by atoms with Gasteiger partial charge in [0.1, 0.15) is 0 Å². The molecular weight excluding hydrogens is 168 g/mol. The van der Waals surface area contributed by atoms with E-state index in [0.717, 1.165) is 7.11 Å². The minimum Gasteiger partial charge on any atom is -0.465 e. The number of methoxy groups -OCH3 is 1. The Bertz CT molecular complexity index is 161. The minimum absolute atomic E-state index is 0.409. The van der Waals surface area contributed by atoms with Crippen LogP contribution in [0.4, 0.5) is 8.78 Å². The summed E-state index contributed by atoms with van der Waals surface area (Å²) in [5, 5.41) is 0. The number of nitrogens with two attached hydrogens (primary N) is 1. The summed E-state index contributed by atoms with van der Waals surface area (Å²) < 4.78 is 29.3. The lowest BCUT2D eigenvalue weighted by Crippen LogP contribution is -2.37. The molecule has 5 heteroatoms. The first-order valence-electron chi connectivity index (χ1n) is 3.65. The van der Waals surface area contributed by atoms with Crippen molar-refractivity contribution < 1.29 is 18.3 Å². The number of carbonyl (C=O) groups is 1. The zero-order valence-electron chi connectivity index (χ0n) is 7.14. The molecule has 2 N–H and O–H groups in total. The smallest absolute Gasteiger partial charge is 0.376 e. The highest BCUT2D eigenvalue weighted by atomic mass is 19.3. The molecule has 0 saturated carbocycles. The van der Waals surface area contributed by atoms with Gasteiger partial charge in [-0.2, -0.15) is 8.78 Å². The van der Waals surface area contributed by atoms with Gasteiger partial charge in [0.25, 0.3) is 0 Å². The molecule has 0 aliphatic carbocycles. The summed E-state index contributed by atoms with van der Waals surface area (Å²) >= 11 is 0. The van der Waals surface area contributed by atoms with Crippen LogP contribution < -0.4 is 5.73 Å². The molecule has 0 heterocycles. The molecule has 12 heavy (non-hydrogen) atoms. The predicted molar refractivity (Wildman–Crippen MR) is 39.8 cm³/mol. The van der Waals surface area contributed by atoms with Crippen molar-refractivity contribution in [3.8, 4) is 0 Å². The predicted octanol–water partition coefficient (Wildman–Crippen LogP) is 0.922. The molecule has 0 aromatic heterocycles. The zero-order chi connectivity index (χ0) is 9.78. The van der Waals surface area contributed by atoms with Crippen molar-refractivity contribution in [1.29, 1.82) is 0 Å². The molecule has 0 radical (unpaired) electrons. The minimum atomic E-state index is -3.45. The van der Waals surface area contributed by atoms with Crippen LogP contribution in [0.3, 0.4) is 0 Å². The van der Waals surface area contributed by atoms with Crippen molar-refractivity contribution in [2.24, 2.45) is 5.73 Å². The van der Waals surface area contributed by atoms with Gasteiger partial charge in [-0.15, -0.1) is 0 Å². The van der Waals surface area contributed by atoms with E-state index in [2.05, 4.69) is 4.74 Å². The van der Waals surface area contributed by atoms with Gasteiger partial charge < -0.3 is 10.5 Å². The average Bonchev–Trinajstić information content (AvgIpc) is 2.02. The second-order valence-corrected chi connectivity index (χ2v) is 2.57. The Morgan fingerprint density at radius 2 is 2.17 bits per heavy atom. The number of esters is 1. The first kappa shape index (κ1) is 11.3. The lowest BCUT2D eigenvalue weighted by atomic mass is 10.1. The maximum atomic E-state index is 12.7. The third-order valence-corrected chi connectivity index (χ3v) is 1.53. The summed E-state index contributed by atoms with van der Waals surface area (Å²) in [6.45, 7) is 1.68. The molecule has 0 spiro atoms. The van der Waals surface area contributed by atoms with Crippen molar-refractivity contribution in [2.45, 2.75) is 31.7 Å². The summed E-state index contributed by atoms with van der Waals surface area (Å²) in [5.41, 5.74) is 5.26. The van der Waals surface area contributed by atoms with Crippen LogP contribution in [-0.2, 0) is 9.53 Å². The Balaban J connectivity index is 4.11. The van der Waals surface area contributed by atoms with Crippen molar-refractivity contribution in [3.63, 3.8) is 0 Å². The lowest BCUT2D eigenvalue weighted by Gasteiger charge is -2.16. The molecule has 3 nitrogen and oxygen atoms in total. The number of alkyl halides is 2. The highest BCUT2D eigenvalue weighted by Gasteiger charge is 2.41. The van der Waals surface area contributed by atoms with Crippen molar-refractivity contribution >= 4 is 5.97 Å². The third kappa shape index (κ3) is 3.13. The van der Waals surface area contributed by atoms with E-state index in [4.69, 9.17) is 5.73 Å². The van der Waals surface area contributed by atoms with E-state index < -0.39 is 24.4 Å². The normalized spacial score (nSPS) is 14.1. The van der Waals surface area contributed by atoms with Gasteiger partial charge in [-0.1, -0.05) is 6.92 Å². The molecule has 0 aromatic carbocycles. The molecule has 0 bridgehead atoms. The van der Waals surface area contributed by atoms with Crippen LogP contribution in [0, 0.1) is 0 Å². The molecule has 0 rings (SSSR count). The summed E-state index contributed by atoms with van der Waals surface area (Å²) in [5.74, 6) is -4.98. The van der Waals surface area contributed by atoms with Crippen LogP contribution in [0.1, 0.15) is 19.8 Å². The van der Waals surface area contributed by atoms with Crippen molar-refractivity contribution in [1.82, 2.24) is 0 Å². The van der Waals surface area contributed by atoms with Crippen molar-refractivity contribution in [2.75, 3.05) is 7.11 Å². The van der Waals surface area contributed by atoms with Crippen LogP contribution in [-0.4, -0.2) is 25.0 Å². The van der Waals surface area contributed by atoms with Crippen LogP contribution >= 0.6 is 0 Å². The SMILES string of the molecule is CCC(N)CC(F)(F)C(=O)OC. The highest BCUT2D eigenvalue weighted by molar-refractivity contribution is 5.77. The first-order chi connectivity index (χ1) is 5.44. The van der Waals surface area contributed by atoms with Crippen LogP contribution in [0.15, 0.2) is 0 Å². The second-order valence-electron chi connectivity index (χ2n) is 2.57. The second kappa shape index (κ2) is 4.35. The van der Waals surface area contributed by atoms with Gasteiger partial charge in [0.2, 0.25) is 0 Å². The van der Waals surface area contributed by atoms with Gasteiger partial charge in [0.05, 0.1) is 7.11 Å². The summed E-state index contributed by atoms with van der Waals surface area (Å²) in [4.78, 5) is 10.5. The van der Waals surface area contributed by atoms with Gasteiger partial charge in [0.15, 0.2) is 0 Å². The average molecular weight is 181 g/mol. The van der Waals surface area contributed by atoms with Crippen LogP contribution in [0.5, 0.6) is 0 Å². The number of hydrogen-bond acceptors (Lipinski definition) is 3. The van der Waals surface area contributed by atoms with Crippen LogP contribution in [0.2, 0.25) is 0 Å². The molecule has 0 aliphatic rings. The van der Waals surface area contributed by atoms with E-state index in [-0.39, 0.29) is 0 Å². The standard InChI is InChI=1S/C7H13F2NO2/c1-3-5(10)4-7(8,9)6(11)12-2/h5H,3-4,10H2,1-2H3. The number of halogens is 2. The fraction of sp³-hybridized carbons (Fsp3) is 0.857. The van der Waals surface area contributed by atoms with Crippen molar-refractivity contribution in [3.05, 3.63) is 0 Å². The monoisotopic (exact) mass is 181 g/mol. The van der Waals surface area contributed by atoms with Gasteiger partial charge in [-0.25, -0.2) is 4.79 Å². The molecule has 0 fully saturated rings. The molecule has 0 aliphatic heterocycles. The molecular formula is C7H13F2NO2. The molecule has 0 aromatic rings. The Kier molecular flexibility index (Phi) is 4.09. The van der Waals surface area contributed by atoms with E-state index in [0.29, 0.717) is 6.42 Å². The quantitative estimate of drug-likeness (QED) is 0.656. The van der Waals surface area contributed by atoms with E-state index in [9.17, 15) is 13.6 Å². The number of rotatable bonds is 4. The summed E-state index contributed by atoms with van der Waals surface area (Å²) in [7, 11) is 0.924. The molecule has 0 saturated heterocycles. The Morgan fingerprint density at radius 1 is 1.67 bits per heavy atom. The number of carbonyl (C=O) groups excluding carboxylic acids is 1. The maximum Gasteiger partial charge on any atom is 0.376 e. The molecule has 0 amide bonds. The molecule has 72 valence electrons.